The minimum atomic E-state index is -0.732. The number of aliphatic carboxylic acids is 1. The third kappa shape index (κ3) is 2.62. The van der Waals surface area contributed by atoms with Crippen LogP contribution in [0.15, 0.2) is 42.5 Å². The lowest BCUT2D eigenvalue weighted by Crippen LogP contribution is -2.36. The fourth-order valence-corrected chi connectivity index (χ4v) is 2.62. The van der Waals surface area contributed by atoms with Crippen LogP contribution in [-0.2, 0) is 4.79 Å². The smallest absolute Gasteiger partial charge is 0.310 e. The zero-order chi connectivity index (χ0) is 13.1. The monoisotopic (exact) mass is 245 g/mol. The lowest BCUT2D eigenvalue weighted by molar-refractivity contribution is -0.140. The van der Waals surface area contributed by atoms with Gasteiger partial charge in [-0.25, -0.2) is 0 Å². The van der Waals surface area contributed by atoms with E-state index in [0.717, 1.165) is 0 Å². The van der Waals surface area contributed by atoms with Gasteiger partial charge in [-0.2, -0.15) is 0 Å². The van der Waals surface area contributed by atoms with E-state index in [-0.39, 0.29) is 17.9 Å². The maximum absolute atomic E-state index is 11.1. The predicted molar refractivity (Wildman–Crippen MR) is 71.5 cm³/mol. The summed E-state index contributed by atoms with van der Waals surface area (Å²) in [7, 11) is 4.07. The van der Waals surface area contributed by atoms with Crippen LogP contribution in [-0.4, -0.2) is 36.1 Å². The van der Waals surface area contributed by atoms with Crippen LogP contribution in [0.5, 0.6) is 0 Å². The van der Waals surface area contributed by atoms with Gasteiger partial charge >= 0.3 is 5.97 Å². The van der Waals surface area contributed by atoms with E-state index in [1.165, 1.54) is 5.56 Å². The van der Waals surface area contributed by atoms with Crippen LogP contribution >= 0.6 is 0 Å². The van der Waals surface area contributed by atoms with E-state index < -0.39 is 5.97 Å². The first-order valence-electron chi connectivity index (χ1n) is 6.22. The van der Waals surface area contributed by atoms with Crippen molar-refractivity contribution >= 4 is 5.97 Å². The molecule has 0 spiro atoms. The first kappa shape index (κ1) is 12.8. The van der Waals surface area contributed by atoms with Gasteiger partial charge in [0.05, 0.1) is 5.92 Å². The molecule has 1 N–H and O–H groups in total. The third-order valence-electron chi connectivity index (χ3n) is 3.60. The van der Waals surface area contributed by atoms with Crippen molar-refractivity contribution in [3.05, 3.63) is 48.0 Å². The maximum atomic E-state index is 11.1. The highest BCUT2D eigenvalue weighted by Crippen LogP contribution is 2.34. The van der Waals surface area contributed by atoms with E-state index in [1.54, 1.807) is 0 Å². The van der Waals surface area contributed by atoms with E-state index in [9.17, 15) is 4.79 Å². The second-order valence-corrected chi connectivity index (χ2v) is 5.04. The molecule has 3 nitrogen and oxygen atoms in total. The summed E-state index contributed by atoms with van der Waals surface area (Å²) in [5.74, 6) is -0.858. The van der Waals surface area contributed by atoms with Crippen LogP contribution in [0.25, 0.3) is 0 Å². The molecule has 0 aliphatic heterocycles. The standard InChI is InChI=1S/C15H19NO2/c1-16(2)14-9-8-12(15(17)18)10-13(14)11-6-4-3-5-7-11/h3-9,12-14H,10H2,1-2H3,(H,17,18). The Morgan fingerprint density at radius 1 is 1.22 bits per heavy atom. The number of carboxylic acid groups (broad SMARTS) is 1. The summed E-state index contributed by atoms with van der Waals surface area (Å²) in [6, 6.07) is 10.4. The van der Waals surface area contributed by atoms with Gasteiger partial charge in [0.25, 0.3) is 0 Å². The topological polar surface area (TPSA) is 40.5 Å². The molecule has 0 saturated heterocycles. The Labute approximate surface area is 108 Å². The molecule has 3 atom stereocenters. The molecular formula is C15H19NO2. The molecule has 0 amide bonds. The summed E-state index contributed by atoms with van der Waals surface area (Å²) in [5, 5.41) is 9.16. The number of likely N-dealkylation sites (N-methyl/N-ethyl adjacent to an activating group) is 1. The highest BCUT2D eigenvalue weighted by Gasteiger charge is 2.31. The van der Waals surface area contributed by atoms with Gasteiger partial charge in [0.15, 0.2) is 0 Å². The highest BCUT2D eigenvalue weighted by atomic mass is 16.4. The Bertz CT molecular complexity index is 439. The van der Waals surface area contributed by atoms with Gasteiger partial charge < -0.3 is 10.0 Å². The molecule has 0 radical (unpaired) electrons. The van der Waals surface area contributed by atoms with Gasteiger partial charge in [0.1, 0.15) is 0 Å². The Balaban J connectivity index is 2.30. The van der Waals surface area contributed by atoms with Crippen LogP contribution in [0, 0.1) is 5.92 Å². The molecule has 1 aliphatic carbocycles. The van der Waals surface area contributed by atoms with Crippen molar-refractivity contribution in [1.29, 1.82) is 0 Å². The summed E-state index contributed by atoms with van der Waals surface area (Å²) in [4.78, 5) is 13.3. The zero-order valence-corrected chi connectivity index (χ0v) is 10.8. The molecule has 18 heavy (non-hydrogen) atoms. The van der Waals surface area contributed by atoms with E-state index >= 15 is 0 Å². The van der Waals surface area contributed by atoms with Gasteiger partial charge in [-0.3, -0.25) is 4.79 Å². The van der Waals surface area contributed by atoms with E-state index in [2.05, 4.69) is 17.0 Å². The first-order valence-corrected chi connectivity index (χ1v) is 6.22. The average Bonchev–Trinajstić information content (AvgIpc) is 2.39. The predicted octanol–water partition coefficient (Wildman–Crippen LogP) is 2.36. The second-order valence-electron chi connectivity index (χ2n) is 5.04. The van der Waals surface area contributed by atoms with Gasteiger partial charge in [0, 0.05) is 12.0 Å². The van der Waals surface area contributed by atoms with Crippen molar-refractivity contribution in [1.82, 2.24) is 4.90 Å². The van der Waals surface area contributed by atoms with Gasteiger partial charge in [-0.1, -0.05) is 42.5 Å². The quantitative estimate of drug-likeness (QED) is 0.831. The van der Waals surface area contributed by atoms with Crippen LogP contribution in [0.3, 0.4) is 0 Å². The summed E-state index contributed by atoms with van der Waals surface area (Å²) in [6.07, 6.45) is 4.52. The fourth-order valence-electron chi connectivity index (χ4n) is 2.62. The summed E-state index contributed by atoms with van der Waals surface area (Å²) in [5.41, 5.74) is 1.21. The number of hydrogen-bond acceptors (Lipinski definition) is 2. The number of rotatable bonds is 3. The second kappa shape index (κ2) is 5.36. The summed E-state index contributed by atoms with van der Waals surface area (Å²) in [6.45, 7) is 0. The lowest BCUT2D eigenvalue weighted by Gasteiger charge is -2.35. The minimum absolute atomic E-state index is 0.243. The molecule has 3 heteroatoms. The van der Waals surface area contributed by atoms with Gasteiger partial charge in [-0.05, 0) is 26.1 Å². The summed E-state index contributed by atoms with van der Waals surface area (Å²) < 4.78 is 0. The van der Waals surface area contributed by atoms with Crippen LogP contribution < -0.4 is 0 Å². The molecule has 0 heterocycles. The maximum Gasteiger partial charge on any atom is 0.310 e. The molecule has 2 rings (SSSR count). The normalized spacial score (nSPS) is 27.4. The van der Waals surface area contributed by atoms with Crippen molar-refractivity contribution < 1.29 is 9.90 Å². The Morgan fingerprint density at radius 3 is 2.44 bits per heavy atom. The largest absolute Gasteiger partial charge is 0.481 e. The van der Waals surface area contributed by atoms with Crippen molar-refractivity contribution in [3.8, 4) is 0 Å². The first-order chi connectivity index (χ1) is 8.59. The molecule has 0 saturated carbocycles. The fraction of sp³-hybridized carbons (Fsp3) is 0.400. The van der Waals surface area contributed by atoms with Crippen molar-refractivity contribution in [2.75, 3.05) is 14.1 Å². The SMILES string of the molecule is CN(C)C1C=CC(C(=O)O)CC1c1ccccc1. The molecule has 3 unspecified atom stereocenters. The molecule has 0 aromatic heterocycles. The van der Waals surface area contributed by atoms with Crippen LogP contribution in [0.1, 0.15) is 17.9 Å². The molecular weight excluding hydrogens is 226 g/mol. The van der Waals surface area contributed by atoms with Gasteiger partial charge in [-0.15, -0.1) is 0 Å². The number of carboxylic acids is 1. The average molecular weight is 245 g/mol. The Kier molecular flexibility index (Phi) is 3.82. The number of hydrogen-bond donors (Lipinski definition) is 1. The van der Waals surface area contributed by atoms with Crippen molar-refractivity contribution in [2.24, 2.45) is 5.92 Å². The number of benzene rings is 1. The summed E-state index contributed by atoms with van der Waals surface area (Å²) >= 11 is 0. The molecule has 0 bridgehead atoms. The van der Waals surface area contributed by atoms with E-state index in [4.69, 9.17) is 5.11 Å². The van der Waals surface area contributed by atoms with E-state index in [0.29, 0.717) is 6.42 Å². The van der Waals surface area contributed by atoms with E-state index in [1.807, 2.05) is 44.4 Å². The minimum Gasteiger partial charge on any atom is -0.481 e. The Hall–Kier alpha value is -1.61. The molecule has 1 aromatic rings. The number of nitrogens with zero attached hydrogens (tertiary/aromatic N) is 1. The Morgan fingerprint density at radius 2 is 1.89 bits per heavy atom. The van der Waals surface area contributed by atoms with Crippen molar-refractivity contribution in [2.45, 2.75) is 18.4 Å². The highest BCUT2D eigenvalue weighted by molar-refractivity contribution is 5.72. The lowest BCUT2D eigenvalue weighted by atomic mass is 9.78. The molecule has 96 valence electrons. The molecule has 1 aliphatic rings. The van der Waals surface area contributed by atoms with Crippen LogP contribution in [0.4, 0.5) is 0 Å². The zero-order valence-electron chi connectivity index (χ0n) is 10.8. The van der Waals surface area contributed by atoms with Crippen molar-refractivity contribution in [3.63, 3.8) is 0 Å². The molecule has 0 fully saturated rings. The van der Waals surface area contributed by atoms with Crippen LogP contribution in [0.2, 0.25) is 0 Å². The third-order valence-corrected chi connectivity index (χ3v) is 3.60. The number of carbonyl (C=O) groups is 1. The van der Waals surface area contributed by atoms with Gasteiger partial charge in [0.2, 0.25) is 0 Å². The molecule has 1 aromatic carbocycles.